The zero-order valence-corrected chi connectivity index (χ0v) is 15.7. The second kappa shape index (κ2) is 7.19. The van der Waals surface area contributed by atoms with Crippen LogP contribution in [0.3, 0.4) is 0 Å². The lowest BCUT2D eigenvalue weighted by Crippen LogP contribution is -2.40. The Bertz CT molecular complexity index is 962. The van der Waals surface area contributed by atoms with Gasteiger partial charge in [-0.3, -0.25) is 4.79 Å². The van der Waals surface area contributed by atoms with Gasteiger partial charge in [-0.05, 0) is 25.7 Å². The van der Waals surface area contributed by atoms with Gasteiger partial charge in [0.05, 0.1) is 11.9 Å². The topological polar surface area (TPSA) is 74.8 Å². The van der Waals surface area contributed by atoms with E-state index in [-0.39, 0.29) is 11.8 Å². The summed E-state index contributed by atoms with van der Waals surface area (Å²) in [5, 5.41) is 0. The number of hydrogen-bond acceptors (Lipinski definition) is 4. The molecule has 6 heteroatoms. The predicted molar refractivity (Wildman–Crippen MR) is 106 cm³/mol. The van der Waals surface area contributed by atoms with Crippen LogP contribution < -0.4 is 0 Å². The van der Waals surface area contributed by atoms with Gasteiger partial charge >= 0.3 is 0 Å². The summed E-state index contributed by atoms with van der Waals surface area (Å²) in [6.45, 7) is 1.65. The Morgan fingerprint density at radius 1 is 0.964 bits per heavy atom. The Morgan fingerprint density at radius 2 is 1.75 bits per heavy atom. The highest BCUT2D eigenvalue weighted by molar-refractivity contribution is 5.81. The van der Waals surface area contributed by atoms with Crippen molar-refractivity contribution < 1.29 is 4.79 Å². The number of aromatic amines is 1. The molecule has 3 aromatic rings. The lowest BCUT2D eigenvalue weighted by atomic mass is 9.97. The van der Waals surface area contributed by atoms with E-state index >= 15 is 0 Å². The predicted octanol–water partition coefficient (Wildman–Crippen LogP) is 3.65. The Morgan fingerprint density at radius 3 is 2.50 bits per heavy atom. The van der Waals surface area contributed by atoms with E-state index in [2.05, 4.69) is 19.9 Å². The number of hydrogen-bond donors (Lipinski definition) is 1. The molecule has 142 valence electrons. The normalized spacial score (nSPS) is 19.6. The molecule has 1 N–H and O–H groups in total. The number of likely N-dealkylation sites (tertiary alicyclic amines) is 1. The second-order valence-corrected chi connectivity index (χ2v) is 7.74. The minimum Gasteiger partial charge on any atom is -0.342 e. The summed E-state index contributed by atoms with van der Waals surface area (Å²) in [7, 11) is 0. The maximum Gasteiger partial charge on any atom is 0.225 e. The standard InChI is InChI=1S/C22H23N5O/c28-22(16-8-9-16)27-10-4-7-17(14-27)21-25-13-19(26-21)18-11-23-20(24-12-18)15-5-2-1-3-6-15/h1-3,5-6,11-13,16-17H,4,7-10,14H2,(H,25,26). The van der Waals surface area contributed by atoms with Gasteiger partial charge in [-0.15, -0.1) is 0 Å². The van der Waals surface area contributed by atoms with E-state index in [0.717, 1.165) is 61.4 Å². The molecule has 1 atom stereocenters. The van der Waals surface area contributed by atoms with E-state index in [4.69, 9.17) is 0 Å². The van der Waals surface area contributed by atoms with Crippen LogP contribution in [0.5, 0.6) is 0 Å². The van der Waals surface area contributed by atoms with Crippen molar-refractivity contribution in [1.82, 2.24) is 24.8 Å². The molecule has 1 aliphatic heterocycles. The third kappa shape index (κ3) is 3.42. The largest absolute Gasteiger partial charge is 0.342 e. The van der Waals surface area contributed by atoms with Gasteiger partial charge < -0.3 is 9.88 Å². The number of H-pyrrole nitrogens is 1. The number of imidazole rings is 1. The SMILES string of the molecule is O=C(C1CC1)N1CCCC(c2ncc(-c3cnc(-c4ccccc4)nc3)[nH]2)C1. The molecule has 1 aliphatic carbocycles. The fourth-order valence-electron chi connectivity index (χ4n) is 3.88. The van der Waals surface area contributed by atoms with Crippen molar-refractivity contribution in [3.63, 3.8) is 0 Å². The first kappa shape index (κ1) is 17.1. The van der Waals surface area contributed by atoms with Gasteiger partial charge in [0.2, 0.25) is 5.91 Å². The van der Waals surface area contributed by atoms with Gasteiger partial charge in [-0.25, -0.2) is 15.0 Å². The molecule has 2 aromatic heterocycles. The Labute approximate surface area is 164 Å². The molecule has 0 radical (unpaired) electrons. The zero-order chi connectivity index (χ0) is 18.9. The molecule has 1 saturated carbocycles. The van der Waals surface area contributed by atoms with Crippen LogP contribution in [0.4, 0.5) is 0 Å². The molecule has 2 aliphatic rings. The highest BCUT2D eigenvalue weighted by Crippen LogP contribution is 2.34. The van der Waals surface area contributed by atoms with E-state index in [1.165, 1.54) is 0 Å². The summed E-state index contributed by atoms with van der Waals surface area (Å²) >= 11 is 0. The van der Waals surface area contributed by atoms with Crippen molar-refractivity contribution in [2.75, 3.05) is 13.1 Å². The number of aromatic nitrogens is 4. The van der Waals surface area contributed by atoms with Crippen LogP contribution in [-0.4, -0.2) is 43.8 Å². The molecular weight excluding hydrogens is 350 g/mol. The summed E-state index contributed by atoms with van der Waals surface area (Å²) in [6, 6.07) is 9.95. The summed E-state index contributed by atoms with van der Waals surface area (Å²) in [6.07, 6.45) is 9.72. The van der Waals surface area contributed by atoms with Crippen molar-refractivity contribution in [3.05, 3.63) is 54.7 Å². The second-order valence-electron chi connectivity index (χ2n) is 7.74. The van der Waals surface area contributed by atoms with Crippen LogP contribution in [0.15, 0.2) is 48.9 Å². The van der Waals surface area contributed by atoms with Gasteiger partial charge in [0, 0.05) is 48.4 Å². The molecule has 5 rings (SSSR count). The van der Waals surface area contributed by atoms with Gasteiger partial charge in [-0.1, -0.05) is 30.3 Å². The zero-order valence-electron chi connectivity index (χ0n) is 15.7. The first-order valence-electron chi connectivity index (χ1n) is 9.99. The van der Waals surface area contributed by atoms with Crippen LogP contribution in [0.1, 0.15) is 37.4 Å². The summed E-state index contributed by atoms with van der Waals surface area (Å²) < 4.78 is 0. The van der Waals surface area contributed by atoms with Gasteiger partial charge in [0.25, 0.3) is 0 Å². The molecule has 1 aromatic carbocycles. The maximum atomic E-state index is 12.4. The summed E-state index contributed by atoms with van der Waals surface area (Å²) in [5.74, 6) is 2.56. The van der Waals surface area contributed by atoms with Crippen molar-refractivity contribution in [2.24, 2.45) is 5.92 Å². The Kier molecular flexibility index (Phi) is 4.39. The molecule has 1 amide bonds. The molecule has 1 saturated heterocycles. The van der Waals surface area contributed by atoms with Crippen molar-refractivity contribution >= 4 is 5.91 Å². The van der Waals surface area contributed by atoms with Crippen LogP contribution in [0.25, 0.3) is 22.6 Å². The molecule has 28 heavy (non-hydrogen) atoms. The van der Waals surface area contributed by atoms with Crippen LogP contribution in [-0.2, 0) is 4.79 Å². The molecule has 0 spiro atoms. The minimum atomic E-state index is 0.273. The van der Waals surface area contributed by atoms with E-state index in [9.17, 15) is 4.79 Å². The third-order valence-corrected chi connectivity index (χ3v) is 5.64. The quantitative estimate of drug-likeness (QED) is 0.757. The van der Waals surface area contributed by atoms with Crippen molar-refractivity contribution in [2.45, 2.75) is 31.6 Å². The highest BCUT2D eigenvalue weighted by atomic mass is 16.2. The Balaban J connectivity index is 1.31. The number of piperidine rings is 1. The number of benzene rings is 1. The smallest absolute Gasteiger partial charge is 0.225 e. The number of nitrogens with zero attached hydrogens (tertiary/aromatic N) is 4. The fraction of sp³-hybridized carbons (Fsp3) is 0.364. The van der Waals surface area contributed by atoms with Gasteiger partial charge in [0.15, 0.2) is 5.82 Å². The maximum absolute atomic E-state index is 12.4. The lowest BCUT2D eigenvalue weighted by molar-refractivity contribution is -0.133. The number of rotatable bonds is 4. The molecule has 2 fully saturated rings. The van der Waals surface area contributed by atoms with Crippen LogP contribution in [0, 0.1) is 5.92 Å². The van der Waals surface area contributed by atoms with Crippen LogP contribution >= 0.6 is 0 Å². The van der Waals surface area contributed by atoms with E-state index in [0.29, 0.717) is 11.7 Å². The first-order valence-corrected chi connectivity index (χ1v) is 9.99. The average molecular weight is 373 g/mol. The average Bonchev–Trinajstić information content (AvgIpc) is 3.50. The monoisotopic (exact) mass is 373 g/mol. The van der Waals surface area contributed by atoms with Gasteiger partial charge in [-0.2, -0.15) is 0 Å². The fourth-order valence-corrected chi connectivity index (χ4v) is 3.88. The molecule has 1 unspecified atom stereocenters. The van der Waals surface area contributed by atoms with E-state index in [1.807, 2.05) is 53.8 Å². The summed E-state index contributed by atoms with van der Waals surface area (Å²) in [4.78, 5) is 31.5. The summed E-state index contributed by atoms with van der Waals surface area (Å²) in [5.41, 5.74) is 2.84. The number of amides is 1. The lowest BCUT2D eigenvalue weighted by Gasteiger charge is -2.32. The van der Waals surface area contributed by atoms with E-state index < -0.39 is 0 Å². The van der Waals surface area contributed by atoms with Crippen molar-refractivity contribution in [1.29, 1.82) is 0 Å². The van der Waals surface area contributed by atoms with Crippen LogP contribution in [0.2, 0.25) is 0 Å². The third-order valence-electron chi connectivity index (χ3n) is 5.64. The molecule has 3 heterocycles. The van der Waals surface area contributed by atoms with E-state index in [1.54, 1.807) is 0 Å². The number of carbonyl (C=O) groups is 1. The minimum absolute atomic E-state index is 0.273. The molecule has 0 bridgehead atoms. The molecule has 6 nitrogen and oxygen atoms in total. The molecular formula is C22H23N5O. The first-order chi connectivity index (χ1) is 13.8. The number of carbonyl (C=O) groups excluding carboxylic acids is 1. The highest BCUT2D eigenvalue weighted by Gasteiger charge is 2.36. The van der Waals surface area contributed by atoms with Crippen molar-refractivity contribution in [3.8, 4) is 22.6 Å². The van der Waals surface area contributed by atoms with Gasteiger partial charge in [0.1, 0.15) is 5.82 Å². The number of nitrogens with one attached hydrogen (secondary N) is 1. The Hall–Kier alpha value is -3.02.